The molecule has 2 aromatic carbocycles. The van der Waals surface area contributed by atoms with Crippen LogP contribution in [0.3, 0.4) is 0 Å². The van der Waals surface area contributed by atoms with E-state index < -0.39 is 0 Å². The van der Waals surface area contributed by atoms with Crippen LogP contribution in [0.25, 0.3) is 0 Å². The first-order valence-corrected chi connectivity index (χ1v) is 10.8. The van der Waals surface area contributed by atoms with Crippen molar-refractivity contribution in [1.29, 1.82) is 0 Å². The number of aromatic hydroxyl groups is 1. The minimum atomic E-state index is 0.368. The first-order chi connectivity index (χ1) is 14.2. The molecule has 0 bridgehead atoms. The molecule has 3 N–H and O–H groups in total. The molecule has 5 nitrogen and oxygen atoms in total. The quantitative estimate of drug-likeness (QED) is 0.643. The Hall–Kier alpha value is -2.08. The van der Waals surface area contributed by atoms with E-state index in [-0.39, 0.29) is 0 Å². The van der Waals surface area contributed by atoms with Crippen LogP contribution in [-0.2, 0) is 6.54 Å². The molecule has 2 aromatic rings. The second-order valence-corrected chi connectivity index (χ2v) is 7.90. The highest BCUT2D eigenvalue weighted by Gasteiger charge is 2.22. The van der Waals surface area contributed by atoms with Crippen molar-refractivity contribution in [2.45, 2.75) is 31.7 Å². The average Bonchev–Trinajstić information content (AvgIpc) is 2.76. The van der Waals surface area contributed by atoms with E-state index in [0.29, 0.717) is 18.2 Å². The van der Waals surface area contributed by atoms with Crippen molar-refractivity contribution < 1.29 is 9.84 Å². The molecular formula is C24H35N3O2. The monoisotopic (exact) mass is 397 g/mol. The van der Waals surface area contributed by atoms with Crippen LogP contribution in [0, 0.1) is 0 Å². The van der Waals surface area contributed by atoms with Gasteiger partial charge in [0.15, 0.2) is 0 Å². The Kier molecular flexibility index (Phi) is 8.35. The first kappa shape index (κ1) is 21.6. The van der Waals surface area contributed by atoms with Crippen molar-refractivity contribution in [2.24, 2.45) is 5.73 Å². The third-order valence-electron chi connectivity index (χ3n) is 5.95. The number of para-hydroxylation sites is 2. The van der Waals surface area contributed by atoms with Crippen LogP contribution in [-0.4, -0.2) is 61.3 Å². The van der Waals surface area contributed by atoms with Gasteiger partial charge in [0.05, 0.1) is 7.11 Å². The Bertz CT molecular complexity index is 744. The summed E-state index contributed by atoms with van der Waals surface area (Å²) in [4.78, 5) is 4.92. The molecule has 5 heteroatoms. The van der Waals surface area contributed by atoms with Gasteiger partial charge in [0.1, 0.15) is 11.5 Å². The summed E-state index contributed by atoms with van der Waals surface area (Å²) in [5.41, 5.74) is 8.13. The number of nitrogens with two attached hydrogens (primary N) is 1. The molecule has 0 radical (unpaired) electrons. The summed E-state index contributed by atoms with van der Waals surface area (Å²) in [5.74, 6) is 1.98. The van der Waals surface area contributed by atoms with E-state index in [1.807, 2.05) is 24.3 Å². The average molecular weight is 398 g/mol. The van der Waals surface area contributed by atoms with Crippen molar-refractivity contribution in [3.05, 3.63) is 59.7 Å². The lowest BCUT2D eigenvalue weighted by molar-refractivity contribution is 0.189. The van der Waals surface area contributed by atoms with Crippen molar-refractivity contribution in [2.75, 3.05) is 46.4 Å². The van der Waals surface area contributed by atoms with Crippen molar-refractivity contribution in [3.63, 3.8) is 0 Å². The normalized spacial score (nSPS) is 15.7. The van der Waals surface area contributed by atoms with Gasteiger partial charge in [-0.25, -0.2) is 0 Å². The fourth-order valence-electron chi connectivity index (χ4n) is 4.33. The zero-order valence-corrected chi connectivity index (χ0v) is 17.6. The lowest BCUT2D eigenvalue weighted by Gasteiger charge is -2.33. The third-order valence-corrected chi connectivity index (χ3v) is 5.95. The van der Waals surface area contributed by atoms with Gasteiger partial charge in [-0.2, -0.15) is 0 Å². The maximum atomic E-state index is 10.0. The Labute approximate surface area is 175 Å². The Morgan fingerprint density at radius 3 is 2.52 bits per heavy atom. The molecule has 0 spiro atoms. The van der Waals surface area contributed by atoms with Crippen LogP contribution in [0.4, 0.5) is 0 Å². The number of phenolic OH excluding ortho intramolecular Hbond substituents is 1. The van der Waals surface area contributed by atoms with Crippen LogP contribution in [0.2, 0.25) is 0 Å². The Balaban J connectivity index is 1.44. The predicted molar refractivity (Wildman–Crippen MR) is 118 cm³/mol. The second-order valence-electron chi connectivity index (χ2n) is 7.90. The van der Waals surface area contributed by atoms with Gasteiger partial charge < -0.3 is 20.5 Å². The molecule has 1 saturated heterocycles. The van der Waals surface area contributed by atoms with Gasteiger partial charge in [-0.05, 0) is 69.1 Å². The van der Waals surface area contributed by atoms with Gasteiger partial charge in [0.2, 0.25) is 0 Å². The minimum absolute atomic E-state index is 0.368. The largest absolute Gasteiger partial charge is 0.508 e. The Morgan fingerprint density at radius 2 is 1.79 bits per heavy atom. The highest BCUT2D eigenvalue weighted by molar-refractivity contribution is 5.36. The number of methoxy groups -OCH3 is 1. The van der Waals surface area contributed by atoms with Crippen molar-refractivity contribution in [1.82, 2.24) is 9.80 Å². The number of hydrogen-bond donors (Lipinski definition) is 2. The van der Waals surface area contributed by atoms with E-state index >= 15 is 0 Å². The highest BCUT2D eigenvalue weighted by Crippen LogP contribution is 2.33. The van der Waals surface area contributed by atoms with Crippen LogP contribution >= 0.6 is 0 Å². The Morgan fingerprint density at radius 1 is 1.07 bits per heavy atom. The molecule has 0 unspecified atom stereocenters. The van der Waals surface area contributed by atoms with E-state index in [4.69, 9.17) is 10.5 Å². The summed E-state index contributed by atoms with van der Waals surface area (Å²) < 4.78 is 5.55. The SMILES string of the molecule is COc1ccccc1C1CCN(CCCN(CCN)Cc2ccccc2O)CC1. The maximum absolute atomic E-state index is 10.0. The van der Waals surface area contributed by atoms with Gasteiger partial charge in [-0.3, -0.25) is 4.90 Å². The van der Waals surface area contributed by atoms with Crippen LogP contribution in [0.1, 0.15) is 36.3 Å². The summed E-state index contributed by atoms with van der Waals surface area (Å²) in [7, 11) is 1.76. The number of hydrogen-bond acceptors (Lipinski definition) is 5. The summed E-state index contributed by atoms with van der Waals surface area (Å²) in [6.07, 6.45) is 3.49. The van der Waals surface area contributed by atoms with Crippen molar-refractivity contribution >= 4 is 0 Å². The fraction of sp³-hybridized carbons (Fsp3) is 0.500. The zero-order valence-electron chi connectivity index (χ0n) is 17.6. The van der Waals surface area contributed by atoms with E-state index in [9.17, 15) is 5.11 Å². The van der Waals surface area contributed by atoms with Crippen LogP contribution in [0.15, 0.2) is 48.5 Å². The molecule has 1 aliphatic rings. The van der Waals surface area contributed by atoms with Gasteiger partial charge in [-0.15, -0.1) is 0 Å². The van der Waals surface area contributed by atoms with Crippen molar-refractivity contribution in [3.8, 4) is 11.5 Å². The predicted octanol–water partition coefficient (Wildman–Crippen LogP) is 3.43. The number of rotatable bonds is 10. The standard InChI is InChI=1S/C24H35N3O2/c1-29-24-10-5-3-8-22(24)20-11-16-26(17-12-20)14-6-15-27(18-13-25)19-21-7-2-4-9-23(21)28/h2-5,7-10,20,28H,6,11-19,25H2,1H3. The van der Waals surface area contributed by atoms with E-state index in [2.05, 4.69) is 28.0 Å². The third kappa shape index (κ3) is 6.20. The summed E-state index contributed by atoms with van der Waals surface area (Å²) in [6.45, 7) is 6.62. The topological polar surface area (TPSA) is 62.0 Å². The van der Waals surface area contributed by atoms with Crippen LogP contribution in [0.5, 0.6) is 11.5 Å². The molecule has 0 saturated carbocycles. The molecule has 0 aromatic heterocycles. The molecule has 0 atom stereocenters. The van der Waals surface area contributed by atoms with Gasteiger partial charge >= 0.3 is 0 Å². The maximum Gasteiger partial charge on any atom is 0.122 e. The van der Waals surface area contributed by atoms with Gasteiger partial charge in [0, 0.05) is 25.2 Å². The molecule has 1 fully saturated rings. The van der Waals surface area contributed by atoms with E-state index in [1.165, 1.54) is 18.4 Å². The molecule has 29 heavy (non-hydrogen) atoms. The van der Waals surface area contributed by atoms with E-state index in [1.54, 1.807) is 13.2 Å². The van der Waals surface area contributed by atoms with E-state index in [0.717, 1.165) is 57.0 Å². The fourth-order valence-corrected chi connectivity index (χ4v) is 4.33. The molecular weight excluding hydrogens is 362 g/mol. The summed E-state index contributed by atoms with van der Waals surface area (Å²) in [6, 6.07) is 16.0. The summed E-state index contributed by atoms with van der Waals surface area (Å²) >= 11 is 0. The lowest BCUT2D eigenvalue weighted by Crippen LogP contribution is -2.36. The highest BCUT2D eigenvalue weighted by atomic mass is 16.5. The molecule has 3 rings (SSSR count). The molecule has 1 aliphatic heterocycles. The number of benzene rings is 2. The smallest absolute Gasteiger partial charge is 0.122 e. The number of phenols is 1. The molecule has 1 heterocycles. The number of likely N-dealkylation sites (tertiary alicyclic amines) is 1. The zero-order chi connectivity index (χ0) is 20.5. The lowest BCUT2D eigenvalue weighted by atomic mass is 9.89. The summed E-state index contributed by atoms with van der Waals surface area (Å²) in [5, 5.41) is 10.0. The second kappa shape index (κ2) is 11.2. The number of piperidine rings is 1. The molecule has 0 amide bonds. The van der Waals surface area contributed by atoms with Crippen LogP contribution < -0.4 is 10.5 Å². The molecule has 0 aliphatic carbocycles. The minimum Gasteiger partial charge on any atom is -0.508 e. The molecule has 158 valence electrons. The number of ether oxygens (including phenoxy) is 1. The van der Waals surface area contributed by atoms with Gasteiger partial charge in [-0.1, -0.05) is 36.4 Å². The first-order valence-electron chi connectivity index (χ1n) is 10.8. The number of nitrogens with zero attached hydrogens (tertiary/aromatic N) is 2. The van der Waals surface area contributed by atoms with Gasteiger partial charge in [0.25, 0.3) is 0 Å².